The fourth-order valence-corrected chi connectivity index (χ4v) is 3.63. The summed E-state index contributed by atoms with van der Waals surface area (Å²) in [6, 6.07) is 15.7. The second-order valence-electron chi connectivity index (χ2n) is 6.75. The molecule has 2 aromatic carbocycles. The van der Waals surface area contributed by atoms with E-state index >= 15 is 0 Å². The van der Waals surface area contributed by atoms with Crippen molar-refractivity contribution in [2.24, 2.45) is 0 Å². The van der Waals surface area contributed by atoms with E-state index in [0.717, 1.165) is 51.2 Å². The number of halogens is 1. The van der Waals surface area contributed by atoms with E-state index in [-0.39, 0.29) is 5.91 Å². The normalized spacial score (nSPS) is 14.7. The molecule has 0 spiro atoms. The lowest BCUT2D eigenvalue weighted by Gasteiger charge is -2.16. The van der Waals surface area contributed by atoms with Crippen LogP contribution in [-0.2, 0) is 6.42 Å². The Morgan fingerprint density at radius 3 is 2.54 bits per heavy atom. The molecule has 1 amide bonds. The molecule has 1 aromatic heterocycles. The predicted molar refractivity (Wildman–Crippen MR) is 107 cm³/mol. The van der Waals surface area contributed by atoms with Crippen molar-refractivity contribution in [2.45, 2.75) is 12.8 Å². The van der Waals surface area contributed by atoms with Gasteiger partial charge in [-0.25, -0.2) is 4.98 Å². The number of fused-ring (bicyclic) bond motifs is 2. The molecule has 0 saturated heterocycles. The third-order valence-corrected chi connectivity index (χ3v) is 5.02. The Labute approximate surface area is 157 Å². The molecule has 1 aliphatic rings. The van der Waals surface area contributed by atoms with Crippen LogP contribution in [0.3, 0.4) is 0 Å². The van der Waals surface area contributed by atoms with E-state index in [4.69, 9.17) is 16.6 Å². The molecular weight excluding hydrogens is 344 g/mol. The highest BCUT2D eigenvalue weighted by Gasteiger charge is 2.27. The molecule has 3 aromatic rings. The van der Waals surface area contributed by atoms with Crippen LogP contribution in [0.25, 0.3) is 22.6 Å². The van der Waals surface area contributed by atoms with Gasteiger partial charge in [0.25, 0.3) is 5.91 Å². The van der Waals surface area contributed by atoms with Gasteiger partial charge in [-0.15, -0.1) is 0 Å². The van der Waals surface area contributed by atoms with Crippen LogP contribution in [-0.4, -0.2) is 29.9 Å². The average molecular weight is 363 g/mol. The first kappa shape index (κ1) is 16.8. The number of hydrogen-bond acceptors (Lipinski definition) is 2. The Morgan fingerprint density at radius 2 is 1.81 bits per heavy atom. The number of carbonyl (C=O) groups is 1. The Morgan fingerprint density at radius 1 is 1.08 bits per heavy atom. The summed E-state index contributed by atoms with van der Waals surface area (Å²) >= 11 is 5.98. The van der Waals surface area contributed by atoms with Crippen LogP contribution in [0.5, 0.6) is 0 Å². The van der Waals surface area contributed by atoms with E-state index in [1.54, 1.807) is 19.0 Å². The molecule has 0 aliphatic heterocycles. The lowest BCUT2D eigenvalue weighted by Crippen LogP contribution is -2.23. The van der Waals surface area contributed by atoms with Gasteiger partial charge < -0.3 is 4.90 Å². The number of para-hydroxylation sites is 1. The van der Waals surface area contributed by atoms with Gasteiger partial charge in [-0.1, -0.05) is 41.9 Å². The molecule has 0 N–H and O–H groups in total. The number of amides is 1. The molecule has 0 fully saturated rings. The Kier molecular flexibility index (Phi) is 4.25. The molecule has 1 heterocycles. The topological polar surface area (TPSA) is 33.2 Å². The Bertz CT molecular complexity index is 1040. The second-order valence-corrected chi connectivity index (χ2v) is 7.19. The summed E-state index contributed by atoms with van der Waals surface area (Å²) in [4.78, 5) is 19.4. The molecular formula is C22H19ClN2O. The largest absolute Gasteiger partial charge is 0.345 e. The fourth-order valence-electron chi connectivity index (χ4n) is 3.51. The first-order valence-electron chi connectivity index (χ1n) is 8.64. The van der Waals surface area contributed by atoms with Gasteiger partial charge in [0.2, 0.25) is 0 Å². The van der Waals surface area contributed by atoms with Crippen molar-refractivity contribution in [3.63, 3.8) is 0 Å². The second kappa shape index (κ2) is 6.58. The van der Waals surface area contributed by atoms with E-state index in [0.29, 0.717) is 0 Å². The summed E-state index contributed by atoms with van der Waals surface area (Å²) in [7, 11) is 3.59. The summed E-state index contributed by atoms with van der Waals surface area (Å²) in [6.45, 7) is 0. The van der Waals surface area contributed by atoms with Crippen LogP contribution in [0.15, 0.2) is 48.5 Å². The molecule has 26 heavy (non-hydrogen) atoms. The molecule has 0 unspecified atom stereocenters. The van der Waals surface area contributed by atoms with Crippen molar-refractivity contribution in [1.29, 1.82) is 0 Å². The highest BCUT2D eigenvalue weighted by atomic mass is 35.5. The molecule has 0 radical (unpaired) electrons. The van der Waals surface area contributed by atoms with Gasteiger partial charge in [-0.05, 0) is 53.8 Å². The molecule has 0 atom stereocenters. The van der Waals surface area contributed by atoms with E-state index in [9.17, 15) is 4.79 Å². The van der Waals surface area contributed by atoms with Crippen LogP contribution in [0, 0.1) is 0 Å². The minimum absolute atomic E-state index is 0.0348. The lowest BCUT2D eigenvalue weighted by atomic mass is 9.99. The summed E-state index contributed by atoms with van der Waals surface area (Å²) in [5, 5.41) is 1.65. The van der Waals surface area contributed by atoms with Gasteiger partial charge in [0.05, 0.1) is 16.8 Å². The van der Waals surface area contributed by atoms with E-state index in [1.807, 2.05) is 48.5 Å². The lowest BCUT2D eigenvalue weighted by molar-refractivity contribution is 0.0828. The molecule has 130 valence electrons. The molecule has 0 saturated carbocycles. The number of nitrogens with zero attached hydrogens (tertiary/aromatic N) is 2. The highest BCUT2D eigenvalue weighted by molar-refractivity contribution is 6.30. The zero-order valence-electron chi connectivity index (χ0n) is 14.8. The fraction of sp³-hybridized carbons (Fsp3) is 0.182. The zero-order valence-corrected chi connectivity index (χ0v) is 15.5. The van der Waals surface area contributed by atoms with Crippen molar-refractivity contribution >= 4 is 40.1 Å². The molecule has 0 bridgehead atoms. The van der Waals surface area contributed by atoms with Gasteiger partial charge >= 0.3 is 0 Å². The van der Waals surface area contributed by atoms with Crippen molar-refractivity contribution in [1.82, 2.24) is 9.88 Å². The van der Waals surface area contributed by atoms with Crippen molar-refractivity contribution in [3.05, 3.63) is 75.9 Å². The SMILES string of the molecule is CN(C)C(=O)c1c2c(nc3ccccc13)/C(=C/c1ccc(Cl)cc1)CC2. The first-order chi connectivity index (χ1) is 12.5. The summed E-state index contributed by atoms with van der Waals surface area (Å²) in [5.41, 5.74) is 5.91. The van der Waals surface area contributed by atoms with Crippen molar-refractivity contribution in [2.75, 3.05) is 14.1 Å². The zero-order chi connectivity index (χ0) is 18.3. The maximum atomic E-state index is 12.9. The van der Waals surface area contributed by atoms with Crippen LogP contribution in [0.1, 0.15) is 33.6 Å². The van der Waals surface area contributed by atoms with Crippen molar-refractivity contribution < 1.29 is 4.79 Å². The van der Waals surface area contributed by atoms with E-state index in [1.165, 1.54) is 5.57 Å². The van der Waals surface area contributed by atoms with Crippen LogP contribution in [0.4, 0.5) is 0 Å². The van der Waals surface area contributed by atoms with Crippen LogP contribution in [0.2, 0.25) is 5.02 Å². The number of hydrogen-bond donors (Lipinski definition) is 0. The van der Waals surface area contributed by atoms with Gasteiger partial charge in [-0.2, -0.15) is 0 Å². The maximum Gasteiger partial charge on any atom is 0.254 e. The number of aromatic nitrogens is 1. The summed E-state index contributed by atoms with van der Waals surface area (Å²) in [6.07, 6.45) is 3.87. The maximum absolute atomic E-state index is 12.9. The van der Waals surface area contributed by atoms with Crippen LogP contribution < -0.4 is 0 Å². The molecule has 4 rings (SSSR count). The minimum Gasteiger partial charge on any atom is -0.345 e. The number of pyridine rings is 1. The average Bonchev–Trinajstić information content (AvgIpc) is 3.03. The van der Waals surface area contributed by atoms with E-state index < -0.39 is 0 Å². The predicted octanol–water partition coefficient (Wildman–Crippen LogP) is 5.08. The minimum atomic E-state index is 0.0348. The number of rotatable bonds is 2. The summed E-state index contributed by atoms with van der Waals surface area (Å²) < 4.78 is 0. The number of carbonyl (C=O) groups excluding carboxylic acids is 1. The third kappa shape index (κ3) is 2.89. The highest BCUT2D eigenvalue weighted by Crippen LogP contribution is 2.37. The van der Waals surface area contributed by atoms with Crippen molar-refractivity contribution in [3.8, 4) is 0 Å². The monoisotopic (exact) mass is 362 g/mol. The Hall–Kier alpha value is -2.65. The number of benzene rings is 2. The smallest absolute Gasteiger partial charge is 0.254 e. The standard InChI is InChI=1S/C22H19ClN2O/c1-25(2)22(26)20-17-5-3-4-6-19(17)24-21-15(9-12-18(20)21)13-14-7-10-16(23)11-8-14/h3-8,10-11,13H,9,12H2,1-2H3/b15-13+. The van der Waals surface area contributed by atoms with Gasteiger partial charge in [0, 0.05) is 24.5 Å². The Balaban J connectivity index is 1.92. The van der Waals surface area contributed by atoms with E-state index in [2.05, 4.69) is 6.08 Å². The van der Waals surface area contributed by atoms with Gasteiger partial charge in [-0.3, -0.25) is 4.79 Å². The quantitative estimate of drug-likeness (QED) is 0.637. The van der Waals surface area contributed by atoms with Gasteiger partial charge in [0.1, 0.15) is 0 Å². The van der Waals surface area contributed by atoms with Gasteiger partial charge in [0.15, 0.2) is 0 Å². The van der Waals surface area contributed by atoms with Crippen LogP contribution >= 0.6 is 11.6 Å². The third-order valence-electron chi connectivity index (χ3n) is 4.77. The number of allylic oxidation sites excluding steroid dienone is 1. The first-order valence-corrected chi connectivity index (χ1v) is 9.02. The molecule has 1 aliphatic carbocycles. The summed E-state index contributed by atoms with van der Waals surface area (Å²) in [5.74, 6) is 0.0348. The molecule has 3 nitrogen and oxygen atoms in total. The molecule has 4 heteroatoms.